The molecule has 0 saturated heterocycles. The topological polar surface area (TPSA) is 50.2 Å². The van der Waals surface area contributed by atoms with Crippen LogP contribution in [0.5, 0.6) is 0 Å². The highest BCUT2D eigenvalue weighted by atomic mass is 79.9. The first kappa shape index (κ1) is 13.4. The van der Waals surface area contributed by atoms with E-state index in [0.717, 1.165) is 17.2 Å². The minimum absolute atomic E-state index is 0.196. The summed E-state index contributed by atoms with van der Waals surface area (Å²) in [6, 6.07) is 2.97. The summed E-state index contributed by atoms with van der Waals surface area (Å²) in [4.78, 5) is 14.2. The van der Waals surface area contributed by atoms with Crippen LogP contribution in [0.1, 0.15) is 19.3 Å². The van der Waals surface area contributed by atoms with E-state index in [9.17, 15) is 9.18 Å². The number of thioether (sulfide) groups is 1. The molecule has 1 rings (SSSR count). The Labute approximate surface area is 106 Å². The molecular formula is C10H11BrFNO2S. The van der Waals surface area contributed by atoms with Crippen LogP contribution in [0.25, 0.3) is 0 Å². The molecule has 0 fully saturated rings. The molecule has 0 spiro atoms. The van der Waals surface area contributed by atoms with Crippen LogP contribution < -0.4 is 0 Å². The van der Waals surface area contributed by atoms with Gasteiger partial charge in [-0.1, -0.05) is 0 Å². The van der Waals surface area contributed by atoms with E-state index in [1.54, 1.807) is 6.07 Å². The largest absolute Gasteiger partial charge is 0.481 e. The summed E-state index contributed by atoms with van der Waals surface area (Å²) in [5.41, 5.74) is 0. The Bertz CT molecular complexity index is 376. The number of carboxylic acid groups (broad SMARTS) is 1. The normalized spacial score (nSPS) is 10.4. The van der Waals surface area contributed by atoms with Gasteiger partial charge in [-0.3, -0.25) is 4.79 Å². The zero-order chi connectivity index (χ0) is 12.0. The van der Waals surface area contributed by atoms with E-state index in [2.05, 4.69) is 20.9 Å². The first-order chi connectivity index (χ1) is 7.59. The standard InChI is InChI=1S/C10H11BrFNO2S/c11-10-7(12)4-5-8(13-10)16-6-2-1-3-9(14)15/h4-5H,1-3,6H2,(H,14,15). The quantitative estimate of drug-likeness (QED) is 0.497. The van der Waals surface area contributed by atoms with Crippen LogP contribution in [0.15, 0.2) is 21.8 Å². The first-order valence-electron chi connectivity index (χ1n) is 4.76. The van der Waals surface area contributed by atoms with E-state index in [0.29, 0.717) is 6.42 Å². The average Bonchev–Trinajstić information content (AvgIpc) is 2.22. The van der Waals surface area contributed by atoms with Crippen molar-refractivity contribution in [3.05, 3.63) is 22.6 Å². The van der Waals surface area contributed by atoms with Gasteiger partial charge in [0.1, 0.15) is 4.60 Å². The van der Waals surface area contributed by atoms with Crippen molar-refractivity contribution in [3.8, 4) is 0 Å². The van der Waals surface area contributed by atoms with Gasteiger partial charge in [0, 0.05) is 6.42 Å². The SMILES string of the molecule is O=C(O)CCCCSc1ccc(F)c(Br)n1. The second-order valence-electron chi connectivity index (χ2n) is 3.12. The Morgan fingerprint density at radius 1 is 1.50 bits per heavy atom. The second kappa shape index (κ2) is 6.85. The van der Waals surface area contributed by atoms with Gasteiger partial charge in [0.15, 0.2) is 5.82 Å². The molecule has 0 unspecified atom stereocenters. The van der Waals surface area contributed by atoms with Crippen molar-refractivity contribution >= 4 is 33.7 Å². The molecule has 1 heterocycles. The van der Waals surface area contributed by atoms with E-state index in [4.69, 9.17) is 5.11 Å². The van der Waals surface area contributed by atoms with Crippen LogP contribution in [-0.2, 0) is 4.79 Å². The third-order valence-corrected chi connectivity index (χ3v) is 3.38. The van der Waals surface area contributed by atoms with E-state index in [1.807, 2.05) is 0 Å². The number of aromatic nitrogens is 1. The molecule has 16 heavy (non-hydrogen) atoms. The second-order valence-corrected chi connectivity index (χ2v) is 4.99. The molecule has 0 atom stereocenters. The van der Waals surface area contributed by atoms with Crippen LogP contribution >= 0.6 is 27.7 Å². The van der Waals surface area contributed by atoms with Crippen molar-refractivity contribution in [1.82, 2.24) is 4.98 Å². The van der Waals surface area contributed by atoms with E-state index < -0.39 is 5.97 Å². The predicted octanol–water partition coefficient (Wildman–Crippen LogP) is 3.33. The number of aliphatic carboxylic acids is 1. The number of hydrogen-bond acceptors (Lipinski definition) is 3. The van der Waals surface area contributed by atoms with Crippen LogP contribution in [-0.4, -0.2) is 21.8 Å². The average molecular weight is 308 g/mol. The maximum Gasteiger partial charge on any atom is 0.303 e. The molecule has 1 aromatic rings. The van der Waals surface area contributed by atoms with Crippen LogP contribution in [0, 0.1) is 5.82 Å². The lowest BCUT2D eigenvalue weighted by Crippen LogP contribution is -1.94. The molecule has 0 aliphatic rings. The zero-order valence-corrected chi connectivity index (χ0v) is 10.9. The summed E-state index contributed by atoms with van der Waals surface area (Å²) in [5.74, 6) is -0.360. The fraction of sp³-hybridized carbons (Fsp3) is 0.400. The minimum atomic E-state index is -0.771. The van der Waals surface area contributed by atoms with Gasteiger partial charge in [0.25, 0.3) is 0 Å². The summed E-state index contributed by atoms with van der Waals surface area (Å²) in [6.07, 6.45) is 1.67. The smallest absolute Gasteiger partial charge is 0.303 e. The number of carbonyl (C=O) groups is 1. The number of unbranched alkanes of at least 4 members (excludes halogenated alkanes) is 1. The van der Waals surface area contributed by atoms with Crippen molar-refractivity contribution in [3.63, 3.8) is 0 Å². The molecule has 6 heteroatoms. The summed E-state index contributed by atoms with van der Waals surface area (Å²) in [7, 11) is 0. The lowest BCUT2D eigenvalue weighted by atomic mass is 10.3. The summed E-state index contributed by atoms with van der Waals surface area (Å²) in [5, 5.41) is 9.17. The maximum absolute atomic E-state index is 12.8. The molecule has 0 bridgehead atoms. The van der Waals surface area contributed by atoms with Crippen molar-refractivity contribution in [1.29, 1.82) is 0 Å². The molecular weight excluding hydrogens is 297 g/mol. The third kappa shape index (κ3) is 4.94. The number of hydrogen-bond donors (Lipinski definition) is 1. The molecule has 88 valence electrons. The van der Waals surface area contributed by atoms with Gasteiger partial charge < -0.3 is 5.11 Å². The summed E-state index contributed by atoms with van der Waals surface area (Å²) >= 11 is 4.50. The highest BCUT2D eigenvalue weighted by Gasteiger charge is 2.03. The Morgan fingerprint density at radius 2 is 2.25 bits per heavy atom. The molecule has 0 amide bonds. The molecule has 0 aromatic carbocycles. The van der Waals surface area contributed by atoms with Gasteiger partial charge in [-0.05, 0) is 46.7 Å². The monoisotopic (exact) mass is 307 g/mol. The third-order valence-electron chi connectivity index (χ3n) is 1.81. The number of nitrogens with zero attached hydrogens (tertiary/aromatic N) is 1. The molecule has 0 aliphatic carbocycles. The fourth-order valence-electron chi connectivity index (χ4n) is 1.04. The number of carboxylic acids is 1. The number of halogens is 2. The Balaban J connectivity index is 2.27. The summed E-state index contributed by atoms with van der Waals surface area (Å²) < 4.78 is 13.1. The Morgan fingerprint density at radius 3 is 2.88 bits per heavy atom. The van der Waals surface area contributed by atoms with E-state index >= 15 is 0 Å². The molecule has 1 N–H and O–H groups in total. The van der Waals surface area contributed by atoms with Gasteiger partial charge in [0.05, 0.1) is 5.03 Å². The molecule has 0 radical (unpaired) electrons. The Hall–Kier alpha value is -0.620. The van der Waals surface area contributed by atoms with Crippen molar-refractivity contribution in [2.45, 2.75) is 24.3 Å². The lowest BCUT2D eigenvalue weighted by molar-refractivity contribution is -0.137. The lowest BCUT2D eigenvalue weighted by Gasteiger charge is -2.01. The molecule has 1 aromatic heterocycles. The first-order valence-corrected chi connectivity index (χ1v) is 6.54. The van der Waals surface area contributed by atoms with Crippen LogP contribution in [0.4, 0.5) is 4.39 Å². The molecule has 3 nitrogen and oxygen atoms in total. The van der Waals surface area contributed by atoms with Crippen LogP contribution in [0.3, 0.4) is 0 Å². The van der Waals surface area contributed by atoms with Gasteiger partial charge in [0.2, 0.25) is 0 Å². The highest BCUT2D eigenvalue weighted by Crippen LogP contribution is 2.21. The van der Waals surface area contributed by atoms with Crippen molar-refractivity contribution in [2.75, 3.05) is 5.75 Å². The van der Waals surface area contributed by atoms with E-state index in [-0.39, 0.29) is 16.8 Å². The number of rotatable bonds is 6. The maximum atomic E-state index is 12.8. The van der Waals surface area contributed by atoms with Gasteiger partial charge in [-0.15, -0.1) is 11.8 Å². The van der Waals surface area contributed by atoms with Crippen molar-refractivity contribution in [2.24, 2.45) is 0 Å². The van der Waals surface area contributed by atoms with Gasteiger partial charge >= 0.3 is 5.97 Å². The highest BCUT2D eigenvalue weighted by molar-refractivity contribution is 9.10. The van der Waals surface area contributed by atoms with Crippen molar-refractivity contribution < 1.29 is 14.3 Å². The Kier molecular flexibility index (Phi) is 5.76. The molecule has 0 aliphatic heterocycles. The van der Waals surface area contributed by atoms with Gasteiger partial charge in [-0.2, -0.15) is 0 Å². The predicted molar refractivity (Wildman–Crippen MR) is 64.1 cm³/mol. The van der Waals surface area contributed by atoms with Gasteiger partial charge in [-0.25, -0.2) is 9.37 Å². The summed E-state index contributed by atoms with van der Waals surface area (Å²) in [6.45, 7) is 0. The van der Waals surface area contributed by atoms with Crippen LogP contribution in [0.2, 0.25) is 0 Å². The molecule has 0 saturated carbocycles. The number of pyridine rings is 1. The minimum Gasteiger partial charge on any atom is -0.481 e. The van der Waals surface area contributed by atoms with E-state index in [1.165, 1.54) is 17.8 Å². The fourth-order valence-corrected chi connectivity index (χ4v) is 2.35. The zero-order valence-electron chi connectivity index (χ0n) is 8.45.